The standard InChI is InChI=1S/C78H152O17P2/c1-9-71(8)57-49-41-33-24-20-16-13-14-18-22-26-35-44-52-60-77(82)94-73(64-88-75(80)58-50-42-34-25-21-17-12-10-11-15-19-23-30-38-46-54-68(2)3)66-92-96(84,85)90-62-72(79)63-91-97(86,87)93-67-74(65-89-76(81)59-51-43-37-29-32-40-48-56-70(6)7)95-78(83)61-53-45-36-28-27-31-39-47-55-69(4)5/h68-74,79H,9-67H2,1-8H3,(H,84,85)(H,86,87)/t71?,72?,73-,74-/m1/s1. The third-order valence-electron chi connectivity index (χ3n) is 18.4. The number of carbonyl (C=O) groups excluding carboxylic acids is 4. The number of hydrogen-bond donors (Lipinski definition) is 3. The van der Waals surface area contributed by atoms with Crippen LogP contribution in [0.15, 0.2) is 0 Å². The maximum absolute atomic E-state index is 13.1. The summed E-state index contributed by atoms with van der Waals surface area (Å²) in [7, 11) is -9.92. The summed E-state index contributed by atoms with van der Waals surface area (Å²) in [6, 6.07) is 0. The van der Waals surface area contributed by atoms with Crippen LogP contribution in [0.2, 0.25) is 0 Å². The molecule has 0 aromatic carbocycles. The fraction of sp³-hybridized carbons (Fsp3) is 0.949. The van der Waals surface area contributed by atoms with Gasteiger partial charge in [0.05, 0.1) is 26.4 Å². The lowest BCUT2D eigenvalue weighted by Gasteiger charge is -2.21. The second-order valence-corrected chi connectivity index (χ2v) is 32.7. The van der Waals surface area contributed by atoms with Crippen LogP contribution in [0.4, 0.5) is 0 Å². The molecule has 0 aromatic rings. The normalized spacial score (nSPS) is 14.4. The van der Waals surface area contributed by atoms with Crippen LogP contribution in [-0.4, -0.2) is 96.7 Å². The molecule has 0 aliphatic rings. The number of ether oxygens (including phenoxy) is 4. The topological polar surface area (TPSA) is 237 Å². The van der Waals surface area contributed by atoms with Gasteiger partial charge in [-0.3, -0.25) is 37.3 Å². The van der Waals surface area contributed by atoms with Gasteiger partial charge in [0.15, 0.2) is 12.2 Å². The van der Waals surface area contributed by atoms with E-state index in [1.807, 2.05) is 0 Å². The second kappa shape index (κ2) is 67.2. The number of carbonyl (C=O) groups is 4. The summed E-state index contributed by atoms with van der Waals surface area (Å²) in [4.78, 5) is 72.9. The first kappa shape index (κ1) is 95.1. The molecule has 0 spiro atoms. The highest BCUT2D eigenvalue weighted by Crippen LogP contribution is 2.45. The minimum absolute atomic E-state index is 0.103. The fourth-order valence-corrected chi connectivity index (χ4v) is 13.5. The predicted octanol–water partition coefficient (Wildman–Crippen LogP) is 22.8. The summed E-state index contributed by atoms with van der Waals surface area (Å²) in [6.45, 7) is 14.2. The number of aliphatic hydroxyl groups excluding tert-OH is 1. The van der Waals surface area contributed by atoms with E-state index in [4.69, 9.17) is 37.0 Å². The highest BCUT2D eigenvalue weighted by atomic mass is 31.2. The molecular formula is C78H152O17P2. The first-order valence-corrected chi connectivity index (χ1v) is 43.2. The molecule has 0 rings (SSSR count). The Morgan fingerprint density at radius 1 is 0.289 bits per heavy atom. The summed E-state index contributed by atoms with van der Waals surface area (Å²) in [5, 5.41) is 10.6. The van der Waals surface area contributed by atoms with Gasteiger partial charge in [-0.2, -0.15) is 0 Å². The zero-order valence-electron chi connectivity index (χ0n) is 63.7. The SMILES string of the molecule is CCC(C)CCCCCCCCCCCCCCCCC(=O)O[C@H](COC(=O)CCCCCCCCCCCCCCCCCC(C)C)COP(=O)(O)OCC(O)COP(=O)(O)OC[C@@H](COC(=O)CCCCCCCCCC(C)C)OC(=O)CCCCCCCCCCC(C)C. The van der Waals surface area contributed by atoms with Gasteiger partial charge < -0.3 is 33.8 Å². The van der Waals surface area contributed by atoms with Crippen LogP contribution < -0.4 is 0 Å². The number of phosphoric acid groups is 2. The molecule has 4 unspecified atom stereocenters. The highest BCUT2D eigenvalue weighted by Gasteiger charge is 2.30. The minimum atomic E-state index is -4.96. The number of hydrogen-bond acceptors (Lipinski definition) is 15. The molecule has 0 amide bonds. The lowest BCUT2D eigenvalue weighted by Crippen LogP contribution is -2.30. The molecule has 0 fully saturated rings. The van der Waals surface area contributed by atoms with E-state index in [0.717, 1.165) is 114 Å². The molecule has 0 heterocycles. The van der Waals surface area contributed by atoms with Gasteiger partial charge in [-0.15, -0.1) is 0 Å². The van der Waals surface area contributed by atoms with E-state index in [1.54, 1.807) is 0 Å². The molecule has 6 atom stereocenters. The van der Waals surface area contributed by atoms with Crippen molar-refractivity contribution >= 4 is 39.5 Å². The van der Waals surface area contributed by atoms with Crippen LogP contribution in [0.5, 0.6) is 0 Å². The quantitative estimate of drug-likeness (QED) is 0.0222. The van der Waals surface area contributed by atoms with Crippen LogP contribution >= 0.6 is 15.6 Å². The molecule has 0 aliphatic carbocycles. The lowest BCUT2D eigenvalue weighted by molar-refractivity contribution is -0.161. The Labute approximate surface area is 594 Å². The van der Waals surface area contributed by atoms with Crippen molar-refractivity contribution in [3.8, 4) is 0 Å². The van der Waals surface area contributed by atoms with E-state index in [2.05, 4.69) is 55.4 Å². The van der Waals surface area contributed by atoms with Gasteiger partial charge in [0.2, 0.25) is 0 Å². The Bertz CT molecular complexity index is 1900. The predicted molar refractivity (Wildman–Crippen MR) is 395 cm³/mol. The summed E-state index contributed by atoms with van der Waals surface area (Å²) >= 11 is 0. The molecule has 0 aliphatic heterocycles. The summed E-state index contributed by atoms with van der Waals surface area (Å²) in [6.07, 6.45) is 52.8. The maximum Gasteiger partial charge on any atom is 0.472 e. The summed E-state index contributed by atoms with van der Waals surface area (Å²) in [5.41, 5.74) is 0. The smallest absolute Gasteiger partial charge is 0.462 e. The Morgan fingerprint density at radius 2 is 0.495 bits per heavy atom. The van der Waals surface area contributed by atoms with Crippen molar-refractivity contribution in [1.82, 2.24) is 0 Å². The Balaban J connectivity index is 5.23. The van der Waals surface area contributed by atoms with Crippen LogP contribution in [0.3, 0.4) is 0 Å². The van der Waals surface area contributed by atoms with Crippen LogP contribution in [0.25, 0.3) is 0 Å². The molecule has 576 valence electrons. The molecule has 0 bridgehead atoms. The van der Waals surface area contributed by atoms with Crippen molar-refractivity contribution < 1.29 is 80.2 Å². The van der Waals surface area contributed by atoms with Gasteiger partial charge in [-0.1, -0.05) is 344 Å². The van der Waals surface area contributed by atoms with Gasteiger partial charge in [-0.05, 0) is 49.4 Å². The van der Waals surface area contributed by atoms with Gasteiger partial charge >= 0.3 is 39.5 Å². The van der Waals surface area contributed by atoms with Crippen molar-refractivity contribution in [1.29, 1.82) is 0 Å². The Hall–Kier alpha value is -1.94. The summed E-state index contributed by atoms with van der Waals surface area (Å²) < 4.78 is 68.6. The van der Waals surface area contributed by atoms with Gasteiger partial charge in [-0.25, -0.2) is 9.13 Å². The third kappa shape index (κ3) is 70.9. The summed E-state index contributed by atoms with van der Waals surface area (Å²) in [5.74, 6) is 0.955. The molecule has 19 heteroatoms. The number of phosphoric ester groups is 2. The number of esters is 4. The van der Waals surface area contributed by atoms with Crippen molar-refractivity contribution in [3.05, 3.63) is 0 Å². The first-order chi connectivity index (χ1) is 46.6. The van der Waals surface area contributed by atoms with E-state index in [9.17, 15) is 43.2 Å². The Morgan fingerprint density at radius 3 is 0.732 bits per heavy atom. The van der Waals surface area contributed by atoms with E-state index in [-0.39, 0.29) is 25.7 Å². The van der Waals surface area contributed by atoms with E-state index in [1.165, 1.54) is 193 Å². The second-order valence-electron chi connectivity index (χ2n) is 29.8. The van der Waals surface area contributed by atoms with E-state index in [0.29, 0.717) is 31.6 Å². The molecule has 0 aromatic heterocycles. The van der Waals surface area contributed by atoms with Crippen LogP contribution in [0.1, 0.15) is 396 Å². The molecule has 0 saturated carbocycles. The lowest BCUT2D eigenvalue weighted by atomic mass is 9.99. The number of unbranched alkanes of at least 4 members (excludes halogenated alkanes) is 40. The highest BCUT2D eigenvalue weighted by molar-refractivity contribution is 7.47. The average Bonchev–Trinajstić information content (AvgIpc) is 1.18. The van der Waals surface area contributed by atoms with E-state index < -0.39 is 97.5 Å². The van der Waals surface area contributed by atoms with E-state index >= 15 is 0 Å². The number of aliphatic hydroxyl groups is 1. The van der Waals surface area contributed by atoms with Crippen molar-refractivity contribution in [2.75, 3.05) is 39.6 Å². The molecule has 0 saturated heterocycles. The maximum atomic E-state index is 13.1. The van der Waals surface area contributed by atoms with Crippen LogP contribution in [-0.2, 0) is 65.4 Å². The minimum Gasteiger partial charge on any atom is -0.462 e. The average molecular weight is 1420 g/mol. The van der Waals surface area contributed by atoms with Gasteiger partial charge in [0.1, 0.15) is 19.3 Å². The molecule has 3 N–H and O–H groups in total. The molecule has 97 heavy (non-hydrogen) atoms. The monoisotopic (exact) mass is 1420 g/mol. The number of rotatable bonds is 75. The van der Waals surface area contributed by atoms with Crippen molar-refractivity contribution in [2.45, 2.75) is 414 Å². The van der Waals surface area contributed by atoms with Crippen LogP contribution in [0, 0.1) is 23.7 Å². The molecule has 17 nitrogen and oxygen atoms in total. The van der Waals surface area contributed by atoms with Crippen molar-refractivity contribution in [3.63, 3.8) is 0 Å². The van der Waals surface area contributed by atoms with Gasteiger partial charge in [0, 0.05) is 25.7 Å². The first-order valence-electron chi connectivity index (χ1n) is 40.2. The molecule has 0 radical (unpaired) electrons. The zero-order chi connectivity index (χ0) is 71.7. The Kier molecular flexibility index (Phi) is 65.9. The molecular weight excluding hydrogens is 1270 g/mol. The largest absolute Gasteiger partial charge is 0.472 e. The van der Waals surface area contributed by atoms with Crippen molar-refractivity contribution in [2.24, 2.45) is 23.7 Å². The van der Waals surface area contributed by atoms with Gasteiger partial charge in [0.25, 0.3) is 0 Å². The third-order valence-corrected chi connectivity index (χ3v) is 20.3. The fourth-order valence-electron chi connectivity index (χ4n) is 11.9. The zero-order valence-corrected chi connectivity index (χ0v) is 65.5.